The van der Waals surface area contributed by atoms with E-state index in [2.05, 4.69) is 0 Å². The Hall–Kier alpha value is -0.900. The fraction of sp³-hybridized carbons (Fsp3) is 0.778. The molecular formula is C9H16N2O2. The van der Waals surface area contributed by atoms with Crippen LogP contribution in [0.2, 0.25) is 0 Å². The maximum absolute atomic E-state index is 11.4. The Kier molecular flexibility index (Phi) is 3.03. The molecule has 1 aliphatic heterocycles. The van der Waals surface area contributed by atoms with Crippen molar-refractivity contribution in [1.29, 1.82) is 0 Å². The second kappa shape index (κ2) is 3.87. The fourth-order valence-corrected chi connectivity index (χ4v) is 1.63. The molecule has 1 aliphatic rings. The number of ketones is 1. The monoisotopic (exact) mass is 184 g/mol. The molecule has 0 unspecified atom stereocenters. The van der Waals surface area contributed by atoms with Gasteiger partial charge >= 0.3 is 0 Å². The van der Waals surface area contributed by atoms with Crippen LogP contribution < -0.4 is 0 Å². The van der Waals surface area contributed by atoms with E-state index in [1.807, 2.05) is 18.9 Å². The van der Waals surface area contributed by atoms with Gasteiger partial charge in [-0.25, -0.2) is 5.01 Å². The fourth-order valence-electron chi connectivity index (χ4n) is 1.63. The molecule has 74 valence electrons. The van der Waals surface area contributed by atoms with Gasteiger partial charge < -0.3 is 0 Å². The number of carbonyl (C=O) groups is 2. The molecule has 1 heterocycles. The highest BCUT2D eigenvalue weighted by Crippen LogP contribution is 2.14. The average Bonchev–Trinajstić information content (AvgIpc) is 2.30. The lowest BCUT2D eigenvalue weighted by molar-refractivity contribution is -0.143. The van der Waals surface area contributed by atoms with Crippen molar-refractivity contribution in [2.45, 2.75) is 33.2 Å². The van der Waals surface area contributed by atoms with Gasteiger partial charge in [0.1, 0.15) is 5.78 Å². The Labute approximate surface area is 78.5 Å². The summed E-state index contributed by atoms with van der Waals surface area (Å²) in [5, 5.41) is 3.51. The third-order valence-corrected chi connectivity index (χ3v) is 2.04. The molecule has 1 amide bonds. The van der Waals surface area contributed by atoms with E-state index in [0.717, 1.165) is 0 Å². The van der Waals surface area contributed by atoms with Gasteiger partial charge in [0, 0.05) is 19.0 Å². The van der Waals surface area contributed by atoms with Crippen LogP contribution in [-0.4, -0.2) is 40.8 Å². The smallest absolute Gasteiger partial charge is 0.238 e. The van der Waals surface area contributed by atoms with Crippen molar-refractivity contribution in [1.82, 2.24) is 10.0 Å². The van der Waals surface area contributed by atoms with Crippen LogP contribution >= 0.6 is 0 Å². The van der Waals surface area contributed by atoms with Gasteiger partial charge in [-0.05, 0) is 20.8 Å². The minimum atomic E-state index is 0.0975. The molecule has 0 aromatic carbocycles. The third kappa shape index (κ3) is 2.28. The molecule has 0 atom stereocenters. The van der Waals surface area contributed by atoms with E-state index < -0.39 is 0 Å². The summed E-state index contributed by atoms with van der Waals surface area (Å²) in [5.41, 5.74) is 0. The molecule has 1 saturated heterocycles. The second-order valence-electron chi connectivity index (χ2n) is 3.67. The molecule has 0 aromatic heterocycles. The van der Waals surface area contributed by atoms with Crippen molar-refractivity contribution in [3.63, 3.8) is 0 Å². The number of hydrogen-bond donors (Lipinski definition) is 0. The number of amides is 1. The van der Waals surface area contributed by atoms with Crippen molar-refractivity contribution in [3.05, 3.63) is 0 Å². The van der Waals surface area contributed by atoms with E-state index in [4.69, 9.17) is 0 Å². The summed E-state index contributed by atoms with van der Waals surface area (Å²) in [6.07, 6.45) is 0.533. The van der Waals surface area contributed by atoms with E-state index in [1.54, 1.807) is 11.9 Å². The van der Waals surface area contributed by atoms with E-state index >= 15 is 0 Å². The minimum absolute atomic E-state index is 0.0975. The summed E-state index contributed by atoms with van der Waals surface area (Å²) >= 11 is 0. The average molecular weight is 184 g/mol. The molecule has 1 rings (SSSR count). The van der Waals surface area contributed by atoms with E-state index in [-0.39, 0.29) is 17.7 Å². The molecule has 0 bridgehead atoms. The largest absolute Gasteiger partial charge is 0.298 e. The summed E-state index contributed by atoms with van der Waals surface area (Å²) in [5.74, 6) is 0.219. The van der Waals surface area contributed by atoms with Crippen LogP contribution in [0, 0.1) is 0 Å². The standard InChI is InChI=1S/C9H16N2O2/c1-7(2)11-9(13)4-5-10(11)6-8(3)12/h7H,4-6H2,1-3H3. The van der Waals surface area contributed by atoms with Crippen LogP contribution in [0.1, 0.15) is 27.2 Å². The zero-order valence-electron chi connectivity index (χ0n) is 8.41. The molecular weight excluding hydrogens is 168 g/mol. The first kappa shape index (κ1) is 10.2. The maximum Gasteiger partial charge on any atom is 0.238 e. The van der Waals surface area contributed by atoms with Crippen molar-refractivity contribution >= 4 is 11.7 Å². The Morgan fingerprint density at radius 2 is 2.15 bits per heavy atom. The Bertz CT molecular complexity index is 226. The Balaban J connectivity index is 2.64. The number of hydrazine groups is 1. The zero-order valence-corrected chi connectivity index (χ0v) is 8.41. The SMILES string of the molecule is CC(=O)CN1CCC(=O)N1C(C)C. The lowest BCUT2D eigenvalue weighted by atomic mass is 10.3. The zero-order chi connectivity index (χ0) is 10.0. The number of rotatable bonds is 3. The van der Waals surface area contributed by atoms with Crippen LogP contribution in [-0.2, 0) is 9.59 Å². The highest BCUT2D eigenvalue weighted by molar-refractivity contribution is 5.81. The van der Waals surface area contributed by atoms with Crippen molar-refractivity contribution in [2.24, 2.45) is 0 Å². The van der Waals surface area contributed by atoms with Crippen molar-refractivity contribution < 1.29 is 9.59 Å². The topological polar surface area (TPSA) is 40.6 Å². The van der Waals surface area contributed by atoms with E-state index in [9.17, 15) is 9.59 Å². The predicted molar refractivity (Wildman–Crippen MR) is 48.9 cm³/mol. The normalized spacial score (nSPS) is 18.8. The summed E-state index contributed by atoms with van der Waals surface area (Å²) in [6.45, 7) is 6.48. The first-order valence-corrected chi connectivity index (χ1v) is 4.58. The molecule has 0 spiro atoms. The van der Waals surface area contributed by atoms with Gasteiger partial charge in [-0.3, -0.25) is 14.6 Å². The molecule has 0 N–H and O–H groups in total. The van der Waals surface area contributed by atoms with Crippen LogP contribution in [0.5, 0.6) is 0 Å². The van der Waals surface area contributed by atoms with Crippen molar-refractivity contribution in [2.75, 3.05) is 13.1 Å². The van der Waals surface area contributed by atoms with Gasteiger partial charge in [0.05, 0.1) is 6.54 Å². The van der Waals surface area contributed by atoms with Gasteiger partial charge in [-0.1, -0.05) is 0 Å². The third-order valence-electron chi connectivity index (χ3n) is 2.04. The summed E-state index contributed by atoms with van der Waals surface area (Å²) < 4.78 is 0. The number of carbonyl (C=O) groups excluding carboxylic acids is 2. The summed E-state index contributed by atoms with van der Waals surface area (Å²) in [6, 6.07) is 0.148. The van der Waals surface area contributed by atoms with Crippen LogP contribution in [0.25, 0.3) is 0 Å². The highest BCUT2D eigenvalue weighted by atomic mass is 16.2. The number of Topliss-reactive ketones (excluding diaryl/α,β-unsaturated/α-hetero) is 1. The Morgan fingerprint density at radius 3 is 2.62 bits per heavy atom. The van der Waals surface area contributed by atoms with E-state index in [1.165, 1.54) is 0 Å². The molecule has 4 nitrogen and oxygen atoms in total. The predicted octanol–water partition coefficient (Wildman–Crippen LogP) is 0.433. The molecule has 4 heteroatoms. The first-order valence-electron chi connectivity index (χ1n) is 4.58. The van der Waals surface area contributed by atoms with Gasteiger partial charge in [-0.2, -0.15) is 0 Å². The van der Waals surface area contributed by atoms with Gasteiger partial charge in [0.2, 0.25) is 5.91 Å². The molecule has 0 saturated carbocycles. The Morgan fingerprint density at radius 1 is 1.54 bits per heavy atom. The van der Waals surface area contributed by atoms with Crippen LogP contribution in [0.4, 0.5) is 0 Å². The number of hydrogen-bond acceptors (Lipinski definition) is 3. The summed E-state index contributed by atoms with van der Waals surface area (Å²) in [4.78, 5) is 22.3. The lowest BCUT2D eigenvalue weighted by Crippen LogP contribution is -2.45. The molecule has 0 radical (unpaired) electrons. The van der Waals surface area contributed by atoms with Gasteiger partial charge in [-0.15, -0.1) is 0 Å². The van der Waals surface area contributed by atoms with Crippen LogP contribution in [0.15, 0.2) is 0 Å². The molecule has 1 fully saturated rings. The molecule has 13 heavy (non-hydrogen) atoms. The lowest BCUT2D eigenvalue weighted by Gasteiger charge is -2.30. The van der Waals surface area contributed by atoms with Gasteiger partial charge in [0.15, 0.2) is 0 Å². The summed E-state index contributed by atoms with van der Waals surface area (Å²) in [7, 11) is 0. The maximum atomic E-state index is 11.4. The number of nitrogens with zero attached hydrogens (tertiary/aromatic N) is 2. The second-order valence-corrected chi connectivity index (χ2v) is 3.67. The van der Waals surface area contributed by atoms with Crippen LogP contribution in [0.3, 0.4) is 0 Å². The molecule has 0 aromatic rings. The molecule has 0 aliphatic carbocycles. The van der Waals surface area contributed by atoms with Gasteiger partial charge in [0.25, 0.3) is 0 Å². The minimum Gasteiger partial charge on any atom is -0.298 e. The van der Waals surface area contributed by atoms with E-state index in [0.29, 0.717) is 19.5 Å². The highest BCUT2D eigenvalue weighted by Gasteiger charge is 2.31. The van der Waals surface area contributed by atoms with Crippen molar-refractivity contribution in [3.8, 4) is 0 Å². The first-order chi connectivity index (χ1) is 6.02. The quantitative estimate of drug-likeness (QED) is 0.638.